The van der Waals surface area contributed by atoms with Crippen molar-refractivity contribution in [3.63, 3.8) is 0 Å². The predicted molar refractivity (Wildman–Crippen MR) is 53.1 cm³/mol. The molecular formula is C8H7BrO3S. The van der Waals surface area contributed by atoms with E-state index in [0.29, 0.717) is 4.88 Å². The number of hydrogen-bond donors (Lipinski definition) is 1. The number of carboxylic acid groups (broad SMARTS) is 1. The fourth-order valence-electron chi connectivity index (χ4n) is 0.768. The zero-order valence-electron chi connectivity index (χ0n) is 6.78. The van der Waals surface area contributed by atoms with Gasteiger partial charge in [0.2, 0.25) is 0 Å². The molecule has 5 heteroatoms. The van der Waals surface area contributed by atoms with Crippen LogP contribution in [0.2, 0.25) is 0 Å². The number of thiophene rings is 1. The standard InChI is InChI=1S/C8H7BrO3S/c1-4(8(11)12)7(10)6-2-5(9)3-13-6/h2-4H,1H3,(H,11,12). The van der Waals surface area contributed by atoms with Gasteiger partial charge in [0.05, 0.1) is 4.88 Å². The average Bonchev–Trinajstić information content (AvgIpc) is 2.49. The molecule has 1 rings (SSSR count). The molecule has 0 aliphatic carbocycles. The van der Waals surface area contributed by atoms with Gasteiger partial charge in [0.25, 0.3) is 0 Å². The van der Waals surface area contributed by atoms with E-state index in [9.17, 15) is 9.59 Å². The van der Waals surface area contributed by atoms with Gasteiger partial charge in [-0.3, -0.25) is 9.59 Å². The first-order valence-corrected chi connectivity index (χ1v) is 5.20. The molecule has 0 amide bonds. The largest absolute Gasteiger partial charge is 0.481 e. The van der Waals surface area contributed by atoms with Crippen LogP contribution in [0.15, 0.2) is 15.9 Å². The summed E-state index contributed by atoms with van der Waals surface area (Å²) in [6.45, 7) is 1.39. The Morgan fingerprint density at radius 3 is 2.62 bits per heavy atom. The molecule has 0 fully saturated rings. The molecule has 1 aromatic rings. The van der Waals surface area contributed by atoms with E-state index in [1.807, 2.05) is 0 Å². The number of carbonyl (C=O) groups excluding carboxylic acids is 1. The van der Waals surface area contributed by atoms with Crippen LogP contribution in [0.25, 0.3) is 0 Å². The molecule has 0 saturated heterocycles. The fraction of sp³-hybridized carbons (Fsp3) is 0.250. The van der Waals surface area contributed by atoms with Crippen molar-refractivity contribution < 1.29 is 14.7 Å². The van der Waals surface area contributed by atoms with Gasteiger partial charge in [-0.05, 0) is 28.9 Å². The molecule has 70 valence electrons. The Labute approximate surface area is 87.5 Å². The molecule has 0 radical (unpaired) electrons. The molecule has 13 heavy (non-hydrogen) atoms. The van der Waals surface area contributed by atoms with Crippen molar-refractivity contribution in [2.45, 2.75) is 6.92 Å². The lowest BCUT2D eigenvalue weighted by molar-refractivity contribution is -0.139. The molecule has 0 aliphatic heterocycles. The van der Waals surface area contributed by atoms with Crippen molar-refractivity contribution in [2.24, 2.45) is 5.92 Å². The van der Waals surface area contributed by atoms with E-state index in [1.165, 1.54) is 18.3 Å². The molecule has 0 aromatic carbocycles. The summed E-state index contributed by atoms with van der Waals surface area (Å²) in [5, 5.41) is 10.3. The highest BCUT2D eigenvalue weighted by molar-refractivity contribution is 9.10. The Hall–Kier alpha value is -0.680. The number of halogens is 1. The Kier molecular flexibility index (Phi) is 3.22. The van der Waals surface area contributed by atoms with E-state index in [1.54, 1.807) is 11.4 Å². The second-order valence-electron chi connectivity index (χ2n) is 2.55. The molecule has 1 unspecified atom stereocenters. The molecule has 0 bridgehead atoms. The number of Topliss-reactive ketones (excluding diaryl/α,β-unsaturated/α-hetero) is 1. The van der Waals surface area contributed by atoms with Gasteiger partial charge in [-0.15, -0.1) is 11.3 Å². The minimum Gasteiger partial charge on any atom is -0.481 e. The van der Waals surface area contributed by atoms with E-state index < -0.39 is 11.9 Å². The van der Waals surface area contributed by atoms with Crippen LogP contribution in [0.3, 0.4) is 0 Å². The fourth-order valence-corrected chi connectivity index (χ4v) is 2.22. The van der Waals surface area contributed by atoms with Gasteiger partial charge in [-0.1, -0.05) is 0 Å². The third-order valence-corrected chi connectivity index (χ3v) is 3.28. The quantitative estimate of drug-likeness (QED) is 0.673. The maximum atomic E-state index is 11.4. The van der Waals surface area contributed by atoms with Crippen molar-refractivity contribution in [1.29, 1.82) is 0 Å². The van der Waals surface area contributed by atoms with Crippen molar-refractivity contribution in [3.05, 3.63) is 20.8 Å². The van der Waals surface area contributed by atoms with Gasteiger partial charge < -0.3 is 5.11 Å². The van der Waals surface area contributed by atoms with Crippen LogP contribution in [0.1, 0.15) is 16.6 Å². The highest BCUT2D eigenvalue weighted by Crippen LogP contribution is 2.22. The van der Waals surface area contributed by atoms with Crippen LogP contribution in [0, 0.1) is 5.92 Å². The highest BCUT2D eigenvalue weighted by Gasteiger charge is 2.22. The minimum absolute atomic E-state index is 0.344. The van der Waals surface area contributed by atoms with Gasteiger partial charge in [0.15, 0.2) is 5.78 Å². The lowest BCUT2D eigenvalue weighted by atomic mass is 10.1. The molecule has 1 atom stereocenters. The van der Waals surface area contributed by atoms with Crippen LogP contribution in [0.4, 0.5) is 0 Å². The number of carboxylic acids is 1. The van der Waals surface area contributed by atoms with Gasteiger partial charge in [0.1, 0.15) is 5.92 Å². The second-order valence-corrected chi connectivity index (χ2v) is 4.38. The van der Waals surface area contributed by atoms with Crippen LogP contribution >= 0.6 is 27.3 Å². The zero-order chi connectivity index (χ0) is 10.0. The zero-order valence-corrected chi connectivity index (χ0v) is 9.18. The van der Waals surface area contributed by atoms with Crippen molar-refractivity contribution >= 4 is 39.0 Å². The lowest BCUT2D eigenvalue weighted by Crippen LogP contribution is -2.19. The minimum atomic E-state index is -1.09. The van der Waals surface area contributed by atoms with Crippen LogP contribution in [0.5, 0.6) is 0 Å². The first-order valence-electron chi connectivity index (χ1n) is 3.53. The molecule has 3 nitrogen and oxygen atoms in total. The SMILES string of the molecule is CC(C(=O)O)C(=O)c1cc(Br)cs1. The summed E-state index contributed by atoms with van der Waals surface area (Å²) < 4.78 is 0.804. The molecule has 1 N–H and O–H groups in total. The van der Waals surface area contributed by atoms with Crippen molar-refractivity contribution in [3.8, 4) is 0 Å². The Morgan fingerprint density at radius 1 is 1.62 bits per heavy atom. The summed E-state index contributed by atoms with van der Waals surface area (Å²) in [6.07, 6.45) is 0. The third-order valence-electron chi connectivity index (χ3n) is 1.57. The first-order chi connectivity index (χ1) is 6.02. The third kappa shape index (κ3) is 2.38. The van der Waals surface area contributed by atoms with Gasteiger partial charge in [-0.2, -0.15) is 0 Å². The predicted octanol–water partition coefficient (Wildman–Crippen LogP) is 2.41. The van der Waals surface area contributed by atoms with E-state index >= 15 is 0 Å². The lowest BCUT2D eigenvalue weighted by Gasteiger charge is -2.01. The molecule has 1 heterocycles. The molecule has 0 spiro atoms. The number of carbonyl (C=O) groups is 2. The van der Waals surface area contributed by atoms with E-state index in [0.717, 1.165) is 4.47 Å². The summed E-state index contributed by atoms with van der Waals surface area (Å²) >= 11 is 4.44. The normalized spacial score (nSPS) is 12.5. The number of aliphatic carboxylic acids is 1. The van der Waals surface area contributed by atoms with Crippen molar-refractivity contribution in [1.82, 2.24) is 0 Å². The number of ketones is 1. The van der Waals surface area contributed by atoms with E-state index in [4.69, 9.17) is 5.11 Å². The highest BCUT2D eigenvalue weighted by atomic mass is 79.9. The first kappa shape index (κ1) is 10.4. The molecule has 1 aromatic heterocycles. The van der Waals surface area contributed by atoms with Crippen LogP contribution < -0.4 is 0 Å². The number of rotatable bonds is 3. The van der Waals surface area contributed by atoms with E-state index in [2.05, 4.69) is 15.9 Å². The van der Waals surface area contributed by atoms with Gasteiger partial charge in [0, 0.05) is 9.85 Å². The van der Waals surface area contributed by atoms with Gasteiger partial charge >= 0.3 is 5.97 Å². The van der Waals surface area contributed by atoms with Gasteiger partial charge in [-0.25, -0.2) is 0 Å². The maximum absolute atomic E-state index is 11.4. The Bertz CT molecular complexity index is 345. The summed E-state index contributed by atoms with van der Waals surface area (Å²) in [4.78, 5) is 22.4. The monoisotopic (exact) mass is 262 g/mol. The smallest absolute Gasteiger partial charge is 0.314 e. The Morgan fingerprint density at radius 2 is 2.23 bits per heavy atom. The van der Waals surface area contributed by atoms with Crippen LogP contribution in [-0.4, -0.2) is 16.9 Å². The summed E-state index contributed by atoms with van der Waals surface area (Å²) in [7, 11) is 0. The molecule has 0 saturated carbocycles. The average molecular weight is 263 g/mol. The molecular weight excluding hydrogens is 256 g/mol. The summed E-state index contributed by atoms with van der Waals surface area (Å²) in [6, 6.07) is 1.63. The summed E-state index contributed by atoms with van der Waals surface area (Å²) in [5.41, 5.74) is 0. The van der Waals surface area contributed by atoms with E-state index in [-0.39, 0.29) is 5.78 Å². The van der Waals surface area contributed by atoms with Crippen molar-refractivity contribution in [2.75, 3.05) is 0 Å². The second kappa shape index (κ2) is 4.02. The Balaban J connectivity index is 2.85. The maximum Gasteiger partial charge on any atom is 0.314 e. The molecule has 0 aliphatic rings. The van der Waals surface area contributed by atoms with Crippen LogP contribution in [-0.2, 0) is 4.79 Å². The number of hydrogen-bond acceptors (Lipinski definition) is 3. The topological polar surface area (TPSA) is 54.4 Å². The summed E-state index contributed by atoms with van der Waals surface area (Å²) in [5.74, 6) is -2.40.